The van der Waals surface area contributed by atoms with E-state index in [1.165, 1.54) is 73.2 Å². The Bertz CT molecular complexity index is 3850. The Kier molecular flexibility index (Phi) is 42.9. The number of methoxy groups -OCH3 is 3. The predicted molar refractivity (Wildman–Crippen MR) is 406 cm³/mol. The number of nitrogens with one attached hydrogen (secondary N) is 6. The number of benzene rings is 2. The van der Waals surface area contributed by atoms with Crippen LogP contribution in [0.4, 0.5) is 5.69 Å². The monoisotopic (exact) mass is 1640 g/mol. The van der Waals surface area contributed by atoms with Crippen LogP contribution in [0, 0.1) is 0 Å². The topological polar surface area (TPSA) is 533 Å². The van der Waals surface area contributed by atoms with E-state index in [0.717, 1.165) is 16.8 Å². The second-order valence-corrected chi connectivity index (χ2v) is 27.1. The third-order valence-corrected chi connectivity index (χ3v) is 18.1. The summed E-state index contributed by atoms with van der Waals surface area (Å²) in [7, 11) is -1.02. The van der Waals surface area contributed by atoms with Crippen molar-refractivity contribution < 1.29 is 130 Å². The molecule has 2 unspecified atom stereocenters. The van der Waals surface area contributed by atoms with Crippen LogP contribution in [0.5, 0.6) is 0 Å². The third kappa shape index (κ3) is 37.1. The highest BCUT2D eigenvalue weighted by Crippen LogP contribution is 2.42. The van der Waals surface area contributed by atoms with Crippen molar-refractivity contribution in [3.8, 4) is 22.5 Å². The first-order chi connectivity index (χ1) is 55.2. The van der Waals surface area contributed by atoms with Crippen molar-refractivity contribution in [3.05, 3.63) is 104 Å². The number of carbonyl (C=O) groups excluding carboxylic acids is 9. The molecule has 41 nitrogen and oxygen atoms in total. The molecule has 6 amide bonds. The van der Waals surface area contributed by atoms with Crippen LogP contribution in [0.3, 0.4) is 0 Å². The molecular formula is C73H103N14O27P. The average molecular weight is 1640 g/mol. The Balaban J connectivity index is 0.910. The lowest BCUT2D eigenvalue weighted by Gasteiger charge is -2.28. The van der Waals surface area contributed by atoms with Crippen LogP contribution in [0.15, 0.2) is 98.1 Å². The largest absolute Gasteiger partial charge is 0.481 e. The Labute approximate surface area is 663 Å². The van der Waals surface area contributed by atoms with Crippen molar-refractivity contribution in [2.75, 3.05) is 132 Å². The quantitative estimate of drug-likeness (QED) is 0.0164. The summed E-state index contributed by atoms with van der Waals surface area (Å²) in [5.41, 5.74) is 4.12. The molecule has 115 heavy (non-hydrogen) atoms. The van der Waals surface area contributed by atoms with Gasteiger partial charge in [0.05, 0.1) is 98.7 Å². The molecule has 42 heteroatoms. The van der Waals surface area contributed by atoms with E-state index in [1.54, 1.807) is 26.9 Å². The highest BCUT2D eigenvalue weighted by atomic mass is 31.2. The number of amides is 6. The van der Waals surface area contributed by atoms with Gasteiger partial charge in [-0.3, -0.25) is 57.3 Å². The number of aromatic nitrogens is 3. The fraction of sp³-hybridized carbons (Fsp3) is 0.521. The number of anilines is 1. The molecule has 3 heterocycles. The second kappa shape index (κ2) is 52.2. The van der Waals surface area contributed by atoms with Crippen molar-refractivity contribution in [1.82, 2.24) is 66.3 Å². The van der Waals surface area contributed by atoms with Gasteiger partial charge < -0.3 is 110 Å². The fourth-order valence-electron chi connectivity index (χ4n) is 10.9. The highest BCUT2D eigenvalue weighted by Gasteiger charge is 2.32. The zero-order chi connectivity index (χ0) is 83.9. The van der Waals surface area contributed by atoms with Crippen LogP contribution < -0.4 is 36.6 Å². The molecule has 2 aromatic carbocycles. The van der Waals surface area contributed by atoms with E-state index >= 15 is 0 Å². The van der Waals surface area contributed by atoms with Gasteiger partial charge in [-0.25, -0.2) is 23.9 Å². The molecule has 2 aliphatic rings. The molecule has 4 atom stereocenters. The molecule has 11 N–H and O–H groups in total. The Hall–Kier alpha value is -11.2. The number of fused-ring (bicyclic) bond motifs is 5. The second-order valence-electron chi connectivity index (χ2n) is 25.6. The number of aliphatic carboxylic acids is 4. The molecule has 3 aromatic rings. The van der Waals surface area contributed by atoms with E-state index in [9.17, 15) is 87.1 Å². The summed E-state index contributed by atoms with van der Waals surface area (Å²) in [6.45, 7) is 1.86. The zero-order valence-electron chi connectivity index (χ0n) is 64.3. The molecule has 0 bridgehead atoms. The van der Waals surface area contributed by atoms with Crippen LogP contribution in [0.25, 0.3) is 22.5 Å². The number of para-hydroxylation sites is 1. The van der Waals surface area contributed by atoms with Gasteiger partial charge in [0.15, 0.2) is 0 Å². The normalized spacial score (nSPS) is 13.8. The number of carboxylic acid groups (broad SMARTS) is 4. The van der Waals surface area contributed by atoms with Crippen molar-refractivity contribution in [3.63, 3.8) is 0 Å². The lowest BCUT2D eigenvalue weighted by Crippen LogP contribution is -2.44. The van der Waals surface area contributed by atoms with Crippen molar-refractivity contribution in [2.24, 2.45) is 0 Å². The van der Waals surface area contributed by atoms with E-state index < -0.39 is 105 Å². The van der Waals surface area contributed by atoms with Gasteiger partial charge >= 0.3 is 49.5 Å². The van der Waals surface area contributed by atoms with Crippen LogP contribution in [-0.4, -0.2) is 282 Å². The minimum Gasteiger partial charge on any atom is -0.481 e. The molecule has 0 saturated heterocycles. The predicted octanol–water partition coefficient (Wildman–Crippen LogP) is 1.34. The van der Waals surface area contributed by atoms with Gasteiger partial charge in [0.1, 0.15) is 50.0 Å². The van der Waals surface area contributed by atoms with E-state index in [2.05, 4.69) is 36.9 Å². The molecule has 5 rings (SSSR count). The average Bonchev–Trinajstić information content (AvgIpc) is 1.66. The number of nitrogens with zero attached hydrogens (tertiary/aromatic N) is 8. The smallest absolute Gasteiger partial charge is 0.403 e. The summed E-state index contributed by atoms with van der Waals surface area (Å²) >= 11 is 0. The molecule has 632 valence electrons. The highest BCUT2D eigenvalue weighted by molar-refractivity contribution is 7.50. The van der Waals surface area contributed by atoms with Crippen LogP contribution in [-0.2, 0) is 118 Å². The molecule has 2 aliphatic heterocycles. The number of esters is 3. The standard InChI is InChI=1S/C73H103N14O27P/c1-107-66(96)49-83-32-30-82(31-33-84(50-67(97)108-2)35-37-85(36-34-83)51-68(98)109-3)48-63(92)75-27-12-29-87-70-53-14-7-6-13-52(53)47-86(58-17-9-8-15-54(58)69(70)79-81-87)64(93)23-22-59(88)76-28-40-111-42-44-113-46-45-112-43-41-110-39-25-60(89)74-26-10-4-5-18-61(90)78-56(72(101)102)19-21-62(91)77-55(71(99)100)16-11-38-114-115(105,106)80-57(73(103)104)20-24-65(94)95/h6-9,13-15,17,30-37,55-57H,4-5,10-12,16,18-29,38-51H2,1-3H3,(H,74,89)(H,75,92)(H,76,88)(H,77,91)(H,78,90)(H,94,95)(H,99,100)(H,101,102)(H,103,104)(H2,80,105,106)/t55-,56+,57?/m0/s1. The Morgan fingerprint density at radius 3 is 1.50 bits per heavy atom. The number of unbranched alkanes of at least 4 members (excludes halogenated alkanes) is 2. The Morgan fingerprint density at radius 1 is 0.461 bits per heavy atom. The van der Waals surface area contributed by atoms with Crippen molar-refractivity contribution in [2.45, 2.75) is 121 Å². The number of rotatable bonds is 54. The molecule has 0 spiro atoms. The summed E-state index contributed by atoms with van der Waals surface area (Å²) in [4.78, 5) is 178. The molecular weight excluding hydrogens is 1540 g/mol. The lowest BCUT2D eigenvalue weighted by atomic mass is 9.95. The minimum absolute atomic E-state index is 0.0500. The first-order valence-electron chi connectivity index (χ1n) is 36.9. The van der Waals surface area contributed by atoms with E-state index in [4.69, 9.17) is 42.8 Å². The maximum atomic E-state index is 14.2. The van der Waals surface area contributed by atoms with Gasteiger partial charge in [-0.2, -0.15) is 0 Å². The maximum absolute atomic E-state index is 14.2. The molecule has 0 saturated carbocycles. The summed E-state index contributed by atoms with van der Waals surface area (Å²) in [5, 5.41) is 61.2. The number of hydrogen-bond donors (Lipinski definition) is 11. The van der Waals surface area contributed by atoms with Gasteiger partial charge in [0.2, 0.25) is 35.4 Å². The van der Waals surface area contributed by atoms with E-state index in [-0.39, 0.29) is 167 Å². The molecule has 1 aromatic heterocycles. The van der Waals surface area contributed by atoms with Gasteiger partial charge in [-0.05, 0) is 56.6 Å². The maximum Gasteiger partial charge on any atom is 0.403 e. The van der Waals surface area contributed by atoms with Gasteiger partial charge in [-0.1, -0.05) is 54.1 Å². The van der Waals surface area contributed by atoms with Gasteiger partial charge in [0.25, 0.3) is 0 Å². The van der Waals surface area contributed by atoms with Crippen LogP contribution in [0.1, 0.15) is 95.5 Å². The summed E-state index contributed by atoms with van der Waals surface area (Å²) in [5.74, 6) is -10.2. The first-order valence-corrected chi connectivity index (χ1v) is 38.5. The van der Waals surface area contributed by atoms with E-state index in [1.807, 2.05) is 53.6 Å². The Morgan fingerprint density at radius 2 is 0.939 bits per heavy atom. The lowest BCUT2D eigenvalue weighted by molar-refractivity contribution is -0.143. The summed E-state index contributed by atoms with van der Waals surface area (Å²) in [6.07, 6.45) is 11.4. The third-order valence-electron chi connectivity index (χ3n) is 16.9. The molecule has 0 radical (unpaired) electrons. The van der Waals surface area contributed by atoms with Crippen LogP contribution in [0.2, 0.25) is 0 Å². The minimum atomic E-state index is -4.76. The van der Waals surface area contributed by atoms with E-state index in [0.29, 0.717) is 55.7 Å². The molecule has 0 fully saturated rings. The van der Waals surface area contributed by atoms with Crippen molar-refractivity contribution in [1.29, 1.82) is 0 Å². The number of ether oxygens (including phenoxy) is 7. The first kappa shape index (κ1) is 94.4. The zero-order valence-corrected chi connectivity index (χ0v) is 65.2. The summed E-state index contributed by atoms with van der Waals surface area (Å²) in [6, 6.07) is 10.2. The number of aryl methyl sites for hydroxylation is 1. The number of hydrogen-bond acceptors (Lipinski definition) is 28. The van der Waals surface area contributed by atoms with Crippen molar-refractivity contribution >= 4 is 90.7 Å². The summed E-state index contributed by atoms with van der Waals surface area (Å²) < 4.78 is 55.5. The fourth-order valence-corrected chi connectivity index (χ4v) is 12.0. The SMILES string of the molecule is COC(=O)CN1C=CN(CC(=O)NCCCn2nnc3c2-c2ccccc2CN(C(=O)CCC(=O)NCCOCCOCCOCCOCCC(=O)NCCCCCC(=O)N[C@H](CCC(=O)N[C@@H](CCCOP(=O)(O)NC(CCC(=O)O)C(=O)O)C(=O)O)C(=O)O)c2ccccc2-3)C=CN(CC(=O)OC)C=CN(CC(=O)OC)C=C1. The molecule has 0 aliphatic carbocycles. The van der Waals surface area contributed by atoms with Gasteiger partial charge in [0, 0.05) is 125 Å². The van der Waals surface area contributed by atoms with Crippen LogP contribution >= 0.6 is 7.75 Å². The van der Waals surface area contributed by atoms with Gasteiger partial charge in [-0.15, -0.1) is 5.10 Å². The number of carboxylic acids is 4. The number of carbonyl (C=O) groups is 13.